The molecule has 2 amide bonds. The lowest BCUT2D eigenvalue weighted by Crippen LogP contribution is -2.47. The van der Waals surface area contributed by atoms with E-state index in [1.807, 2.05) is 49.5 Å². The Bertz CT molecular complexity index is 676. The molecule has 0 aliphatic carbocycles. The van der Waals surface area contributed by atoms with Crippen molar-refractivity contribution in [3.63, 3.8) is 0 Å². The summed E-state index contributed by atoms with van der Waals surface area (Å²) in [6.07, 6.45) is 1.47. The first kappa shape index (κ1) is 19.8. The van der Waals surface area contributed by atoms with Crippen molar-refractivity contribution < 1.29 is 14.3 Å². The van der Waals surface area contributed by atoms with Gasteiger partial charge in [0.1, 0.15) is 5.75 Å². The number of carbonyl (C=O) groups excluding carboxylic acids is 1. The van der Waals surface area contributed by atoms with Crippen LogP contribution in [-0.2, 0) is 17.6 Å². The van der Waals surface area contributed by atoms with Crippen molar-refractivity contribution in [1.82, 2.24) is 10.2 Å². The number of carbonyl (C=O) groups is 1. The van der Waals surface area contributed by atoms with Gasteiger partial charge in [0, 0.05) is 20.7 Å². The number of rotatable bonds is 9. The number of benzene rings is 2. The van der Waals surface area contributed by atoms with Gasteiger partial charge in [-0.3, -0.25) is 0 Å². The molecule has 0 spiro atoms. The van der Waals surface area contributed by atoms with Gasteiger partial charge >= 0.3 is 6.03 Å². The number of hydrogen-bond acceptors (Lipinski definition) is 3. The second kappa shape index (κ2) is 10.5. The standard InChI is InChI=1S/C21H28N2O3/c1-23(19(16-25-2)15-17-9-5-4-6-10-17)21(24)22-14-13-18-11-7-8-12-20(18)26-3/h4-12,19H,13-16H2,1-3H3,(H,22,24)/t19-/m1/s1. The Hall–Kier alpha value is -2.53. The summed E-state index contributed by atoms with van der Waals surface area (Å²) in [5, 5.41) is 2.98. The summed E-state index contributed by atoms with van der Waals surface area (Å²) in [6, 6.07) is 17.9. The van der Waals surface area contributed by atoms with Crippen LogP contribution in [0.25, 0.3) is 0 Å². The topological polar surface area (TPSA) is 50.8 Å². The molecular formula is C21H28N2O3. The third kappa shape index (κ3) is 5.77. The summed E-state index contributed by atoms with van der Waals surface area (Å²) in [7, 11) is 5.13. The van der Waals surface area contributed by atoms with Gasteiger partial charge in [-0.05, 0) is 30.0 Å². The number of amides is 2. The molecule has 0 radical (unpaired) electrons. The van der Waals surface area contributed by atoms with Crippen LogP contribution in [0.15, 0.2) is 54.6 Å². The molecule has 0 aliphatic heterocycles. The fourth-order valence-electron chi connectivity index (χ4n) is 2.89. The average molecular weight is 356 g/mol. The summed E-state index contributed by atoms with van der Waals surface area (Å²) in [4.78, 5) is 14.2. The lowest BCUT2D eigenvalue weighted by Gasteiger charge is -2.28. The number of urea groups is 1. The molecule has 0 saturated heterocycles. The predicted molar refractivity (Wildman–Crippen MR) is 104 cm³/mol. The zero-order valence-electron chi connectivity index (χ0n) is 15.8. The first-order valence-corrected chi connectivity index (χ1v) is 8.81. The highest BCUT2D eigenvalue weighted by atomic mass is 16.5. The van der Waals surface area contributed by atoms with E-state index in [2.05, 4.69) is 17.4 Å². The van der Waals surface area contributed by atoms with Crippen LogP contribution in [0, 0.1) is 0 Å². The fraction of sp³-hybridized carbons (Fsp3) is 0.381. The van der Waals surface area contributed by atoms with Gasteiger partial charge in [-0.2, -0.15) is 0 Å². The maximum Gasteiger partial charge on any atom is 0.317 e. The maximum absolute atomic E-state index is 12.5. The number of para-hydroxylation sites is 1. The Morgan fingerprint density at radius 2 is 1.77 bits per heavy atom. The highest BCUT2D eigenvalue weighted by molar-refractivity contribution is 5.74. The SMILES string of the molecule is COC[C@@H](Cc1ccccc1)N(C)C(=O)NCCc1ccccc1OC. The van der Waals surface area contributed by atoms with Gasteiger partial charge in [-0.15, -0.1) is 0 Å². The third-order valence-electron chi connectivity index (χ3n) is 4.40. The van der Waals surface area contributed by atoms with Crippen LogP contribution in [-0.4, -0.2) is 51.4 Å². The van der Waals surface area contributed by atoms with Gasteiger partial charge < -0.3 is 19.7 Å². The Labute approximate surface area is 155 Å². The van der Waals surface area contributed by atoms with Crippen molar-refractivity contribution in [3.05, 3.63) is 65.7 Å². The molecule has 5 heteroatoms. The number of nitrogens with zero attached hydrogens (tertiary/aromatic N) is 1. The van der Waals surface area contributed by atoms with Crippen LogP contribution in [0.5, 0.6) is 5.75 Å². The summed E-state index contributed by atoms with van der Waals surface area (Å²) >= 11 is 0. The molecule has 0 aromatic heterocycles. The van der Waals surface area contributed by atoms with E-state index in [1.54, 1.807) is 19.1 Å². The molecule has 2 rings (SSSR count). The van der Waals surface area contributed by atoms with Crippen molar-refractivity contribution in [2.24, 2.45) is 0 Å². The minimum Gasteiger partial charge on any atom is -0.496 e. The zero-order valence-corrected chi connectivity index (χ0v) is 15.8. The minimum absolute atomic E-state index is 0.0198. The Morgan fingerprint density at radius 3 is 2.46 bits per heavy atom. The van der Waals surface area contributed by atoms with E-state index in [4.69, 9.17) is 9.47 Å². The summed E-state index contributed by atoms with van der Waals surface area (Å²) < 4.78 is 10.7. The van der Waals surface area contributed by atoms with Crippen LogP contribution < -0.4 is 10.1 Å². The third-order valence-corrected chi connectivity index (χ3v) is 4.40. The molecule has 0 fully saturated rings. The first-order valence-electron chi connectivity index (χ1n) is 8.81. The van der Waals surface area contributed by atoms with Gasteiger partial charge in [0.05, 0.1) is 19.8 Å². The van der Waals surface area contributed by atoms with E-state index in [1.165, 1.54) is 5.56 Å². The van der Waals surface area contributed by atoms with E-state index in [0.717, 1.165) is 24.2 Å². The Morgan fingerprint density at radius 1 is 1.08 bits per heavy atom. The zero-order chi connectivity index (χ0) is 18.8. The highest BCUT2D eigenvalue weighted by Gasteiger charge is 2.20. The second-order valence-electron chi connectivity index (χ2n) is 6.20. The first-order chi connectivity index (χ1) is 12.7. The lowest BCUT2D eigenvalue weighted by atomic mass is 10.1. The maximum atomic E-state index is 12.5. The van der Waals surface area contributed by atoms with Gasteiger partial charge in [0.25, 0.3) is 0 Å². The Balaban J connectivity index is 1.89. The second-order valence-corrected chi connectivity index (χ2v) is 6.20. The number of ether oxygens (including phenoxy) is 2. The van der Waals surface area contributed by atoms with E-state index in [-0.39, 0.29) is 12.1 Å². The van der Waals surface area contributed by atoms with E-state index in [9.17, 15) is 4.79 Å². The van der Waals surface area contributed by atoms with E-state index < -0.39 is 0 Å². The molecule has 2 aromatic carbocycles. The van der Waals surface area contributed by atoms with Crippen molar-refractivity contribution in [2.45, 2.75) is 18.9 Å². The molecule has 1 atom stereocenters. The van der Waals surface area contributed by atoms with Crippen molar-refractivity contribution >= 4 is 6.03 Å². The van der Waals surface area contributed by atoms with Crippen LogP contribution in [0.3, 0.4) is 0 Å². The smallest absolute Gasteiger partial charge is 0.317 e. The molecule has 5 nitrogen and oxygen atoms in total. The van der Waals surface area contributed by atoms with Gasteiger partial charge in [0.15, 0.2) is 0 Å². The van der Waals surface area contributed by atoms with Gasteiger partial charge in [0.2, 0.25) is 0 Å². The predicted octanol–water partition coefficient (Wildman–Crippen LogP) is 3.14. The number of hydrogen-bond donors (Lipinski definition) is 1. The van der Waals surface area contributed by atoms with Crippen LogP contribution >= 0.6 is 0 Å². The molecule has 0 unspecified atom stereocenters. The largest absolute Gasteiger partial charge is 0.496 e. The molecule has 2 aromatic rings. The van der Waals surface area contributed by atoms with Crippen molar-refractivity contribution in [3.8, 4) is 5.75 Å². The molecule has 140 valence electrons. The van der Waals surface area contributed by atoms with Gasteiger partial charge in [-0.1, -0.05) is 48.5 Å². The normalized spacial score (nSPS) is 11.7. The van der Waals surface area contributed by atoms with Gasteiger partial charge in [-0.25, -0.2) is 4.79 Å². The summed E-state index contributed by atoms with van der Waals surface area (Å²) in [5.74, 6) is 0.844. The monoisotopic (exact) mass is 356 g/mol. The number of likely N-dealkylation sites (N-methyl/N-ethyl adjacent to an activating group) is 1. The number of nitrogens with one attached hydrogen (secondary N) is 1. The molecule has 0 saturated carbocycles. The molecule has 0 bridgehead atoms. The highest BCUT2D eigenvalue weighted by Crippen LogP contribution is 2.17. The summed E-state index contributed by atoms with van der Waals surface area (Å²) in [5.41, 5.74) is 2.26. The van der Waals surface area contributed by atoms with Crippen LogP contribution in [0.2, 0.25) is 0 Å². The summed E-state index contributed by atoms with van der Waals surface area (Å²) in [6.45, 7) is 1.04. The van der Waals surface area contributed by atoms with Crippen molar-refractivity contribution in [1.29, 1.82) is 0 Å². The lowest BCUT2D eigenvalue weighted by molar-refractivity contribution is 0.115. The molecule has 0 heterocycles. The van der Waals surface area contributed by atoms with E-state index in [0.29, 0.717) is 13.2 Å². The molecule has 1 N–H and O–H groups in total. The molecule has 0 aliphatic rings. The molecule has 26 heavy (non-hydrogen) atoms. The minimum atomic E-state index is -0.0992. The Kier molecular flexibility index (Phi) is 7.96. The number of methoxy groups -OCH3 is 2. The fourth-order valence-corrected chi connectivity index (χ4v) is 2.89. The van der Waals surface area contributed by atoms with Crippen molar-refractivity contribution in [2.75, 3.05) is 34.4 Å². The van der Waals surface area contributed by atoms with E-state index >= 15 is 0 Å². The average Bonchev–Trinajstić information content (AvgIpc) is 2.68. The van der Waals surface area contributed by atoms with Crippen LogP contribution in [0.1, 0.15) is 11.1 Å². The quantitative estimate of drug-likeness (QED) is 0.751. The van der Waals surface area contributed by atoms with Crippen LogP contribution in [0.4, 0.5) is 4.79 Å². The molecular weight excluding hydrogens is 328 g/mol.